The van der Waals surface area contributed by atoms with Crippen LogP contribution in [0, 0.1) is 0 Å². The van der Waals surface area contributed by atoms with Gasteiger partial charge in [0.1, 0.15) is 12.1 Å². The summed E-state index contributed by atoms with van der Waals surface area (Å²) in [4.78, 5) is 41.3. The maximum Gasteiger partial charge on any atom is 0.325 e. The Morgan fingerprint density at radius 1 is 1.10 bits per heavy atom. The predicted octanol–water partition coefficient (Wildman–Crippen LogP) is 3.17. The van der Waals surface area contributed by atoms with Crippen molar-refractivity contribution in [1.82, 2.24) is 10.2 Å². The maximum atomic E-state index is 13.1. The van der Waals surface area contributed by atoms with E-state index in [1.165, 1.54) is 0 Å². The van der Waals surface area contributed by atoms with Crippen molar-refractivity contribution in [3.05, 3.63) is 65.2 Å². The minimum atomic E-state index is -1.17. The molecule has 4 rings (SSSR count). The standard InChI is InChI=1S/C23H25N3O3/c1-15(2)16-8-10-18(11-9-16)23(3)21(28)26(22(29)24-23)14-20(27)25-13-12-17-6-4-5-7-19(17)25/h4-11,15H,12-14H2,1-3H3,(H,24,29)/t23-/m1/s1. The van der Waals surface area contributed by atoms with Gasteiger partial charge in [0.25, 0.3) is 5.91 Å². The van der Waals surface area contributed by atoms with Crippen molar-refractivity contribution < 1.29 is 14.4 Å². The molecule has 2 aliphatic rings. The molecular formula is C23H25N3O3. The lowest BCUT2D eigenvalue weighted by Gasteiger charge is -2.24. The van der Waals surface area contributed by atoms with Crippen LogP contribution >= 0.6 is 0 Å². The van der Waals surface area contributed by atoms with E-state index in [4.69, 9.17) is 0 Å². The number of hydrogen-bond acceptors (Lipinski definition) is 3. The van der Waals surface area contributed by atoms with E-state index in [0.29, 0.717) is 18.0 Å². The maximum absolute atomic E-state index is 13.1. The third-order valence-electron chi connectivity index (χ3n) is 5.91. The summed E-state index contributed by atoms with van der Waals surface area (Å²) in [6.07, 6.45) is 0.780. The average Bonchev–Trinajstić information content (AvgIpc) is 3.23. The number of para-hydroxylation sites is 1. The molecule has 6 nitrogen and oxygen atoms in total. The average molecular weight is 391 g/mol. The zero-order valence-electron chi connectivity index (χ0n) is 16.9. The van der Waals surface area contributed by atoms with Gasteiger partial charge in [-0.3, -0.25) is 14.5 Å². The highest BCUT2D eigenvalue weighted by Gasteiger charge is 2.49. The van der Waals surface area contributed by atoms with Crippen LogP contribution in [0.4, 0.5) is 10.5 Å². The molecule has 0 spiro atoms. The zero-order valence-corrected chi connectivity index (χ0v) is 16.9. The molecule has 0 aliphatic carbocycles. The third-order valence-corrected chi connectivity index (χ3v) is 5.91. The number of benzene rings is 2. The van der Waals surface area contributed by atoms with Crippen LogP contribution in [0.5, 0.6) is 0 Å². The first-order chi connectivity index (χ1) is 13.8. The van der Waals surface area contributed by atoms with Crippen LogP contribution in [0.1, 0.15) is 43.4 Å². The summed E-state index contributed by atoms with van der Waals surface area (Å²) in [5, 5.41) is 2.78. The van der Waals surface area contributed by atoms with Gasteiger partial charge < -0.3 is 10.2 Å². The highest BCUT2D eigenvalue weighted by Crippen LogP contribution is 2.31. The number of rotatable bonds is 4. The van der Waals surface area contributed by atoms with Crippen LogP contribution in [0.3, 0.4) is 0 Å². The zero-order chi connectivity index (χ0) is 20.8. The van der Waals surface area contributed by atoms with Crippen molar-refractivity contribution in [1.29, 1.82) is 0 Å². The molecule has 1 N–H and O–H groups in total. The van der Waals surface area contributed by atoms with E-state index in [0.717, 1.165) is 28.1 Å². The summed E-state index contributed by atoms with van der Waals surface area (Å²) in [6, 6.07) is 14.9. The highest BCUT2D eigenvalue weighted by atomic mass is 16.2. The van der Waals surface area contributed by atoms with Crippen molar-refractivity contribution in [2.45, 2.75) is 38.6 Å². The van der Waals surface area contributed by atoms with Crippen LogP contribution in [0.25, 0.3) is 0 Å². The summed E-state index contributed by atoms with van der Waals surface area (Å²) >= 11 is 0. The van der Waals surface area contributed by atoms with Gasteiger partial charge in [-0.2, -0.15) is 0 Å². The van der Waals surface area contributed by atoms with Crippen LogP contribution < -0.4 is 10.2 Å². The van der Waals surface area contributed by atoms with E-state index >= 15 is 0 Å². The van der Waals surface area contributed by atoms with Crippen molar-refractivity contribution in [3.8, 4) is 0 Å². The van der Waals surface area contributed by atoms with E-state index in [2.05, 4.69) is 19.2 Å². The second-order valence-corrected chi connectivity index (χ2v) is 8.15. The molecule has 1 saturated heterocycles. The molecule has 150 valence electrons. The molecule has 0 saturated carbocycles. The van der Waals surface area contributed by atoms with Crippen LogP contribution in [0.15, 0.2) is 48.5 Å². The fourth-order valence-corrected chi connectivity index (χ4v) is 4.06. The number of hydrogen-bond donors (Lipinski definition) is 1. The molecule has 0 bridgehead atoms. The van der Waals surface area contributed by atoms with Crippen LogP contribution in [0.2, 0.25) is 0 Å². The molecule has 1 atom stereocenters. The molecule has 0 radical (unpaired) electrons. The van der Waals surface area contributed by atoms with Crippen molar-refractivity contribution in [3.63, 3.8) is 0 Å². The minimum absolute atomic E-state index is 0.252. The molecule has 0 unspecified atom stereocenters. The Labute approximate surface area is 170 Å². The smallest absolute Gasteiger partial charge is 0.319 e. The SMILES string of the molecule is CC(C)c1ccc([C@@]2(C)NC(=O)N(CC(=O)N3CCc4ccccc43)C2=O)cc1. The Balaban J connectivity index is 1.53. The molecule has 4 amide bonds. The number of nitrogens with one attached hydrogen (secondary N) is 1. The molecule has 0 aromatic heterocycles. The lowest BCUT2D eigenvalue weighted by molar-refractivity contribution is -0.134. The first-order valence-corrected chi connectivity index (χ1v) is 9.94. The third kappa shape index (κ3) is 3.18. The molecule has 29 heavy (non-hydrogen) atoms. The Hall–Kier alpha value is -3.15. The summed E-state index contributed by atoms with van der Waals surface area (Å²) in [5.74, 6) is -0.276. The summed E-state index contributed by atoms with van der Waals surface area (Å²) in [7, 11) is 0. The van der Waals surface area contributed by atoms with Gasteiger partial charge in [-0.1, -0.05) is 56.3 Å². The van der Waals surface area contributed by atoms with Crippen molar-refractivity contribution >= 4 is 23.5 Å². The van der Waals surface area contributed by atoms with Gasteiger partial charge in [-0.25, -0.2) is 4.79 Å². The Morgan fingerprint density at radius 2 is 1.79 bits per heavy atom. The van der Waals surface area contributed by atoms with Crippen molar-refractivity contribution in [2.24, 2.45) is 0 Å². The lowest BCUT2D eigenvalue weighted by Crippen LogP contribution is -2.44. The number of imide groups is 1. The monoisotopic (exact) mass is 391 g/mol. The number of carbonyl (C=O) groups excluding carboxylic acids is 3. The van der Waals surface area contributed by atoms with Gasteiger partial charge in [0.15, 0.2) is 0 Å². The molecule has 2 heterocycles. The van der Waals surface area contributed by atoms with Crippen molar-refractivity contribution in [2.75, 3.05) is 18.0 Å². The van der Waals surface area contributed by atoms with E-state index in [9.17, 15) is 14.4 Å². The molecule has 1 fully saturated rings. The normalized spacial score (nSPS) is 21.0. The first-order valence-electron chi connectivity index (χ1n) is 9.94. The van der Waals surface area contributed by atoms with Gasteiger partial charge in [0.05, 0.1) is 0 Å². The molecular weight excluding hydrogens is 366 g/mol. The summed E-state index contributed by atoms with van der Waals surface area (Å²) in [6.45, 7) is 6.19. The van der Waals surface area contributed by atoms with E-state index in [-0.39, 0.29) is 12.5 Å². The molecule has 6 heteroatoms. The second kappa shape index (κ2) is 7.03. The van der Waals surface area contributed by atoms with E-state index < -0.39 is 17.5 Å². The van der Waals surface area contributed by atoms with Gasteiger partial charge in [0.2, 0.25) is 5.91 Å². The quantitative estimate of drug-likeness (QED) is 0.814. The molecule has 2 aliphatic heterocycles. The van der Waals surface area contributed by atoms with Crippen LogP contribution in [-0.2, 0) is 21.5 Å². The van der Waals surface area contributed by atoms with Gasteiger partial charge in [0, 0.05) is 12.2 Å². The van der Waals surface area contributed by atoms with E-state index in [1.807, 2.05) is 48.5 Å². The van der Waals surface area contributed by atoms with Gasteiger partial charge >= 0.3 is 6.03 Å². The topological polar surface area (TPSA) is 69.7 Å². The largest absolute Gasteiger partial charge is 0.325 e. The summed E-state index contributed by atoms with van der Waals surface area (Å²) < 4.78 is 0. The minimum Gasteiger partial charge on any atom is -0.319 e. The number of urea groups is 1. The number of nitrogens with zero attached hydrogens (tertiary/aromatic N) is 2. The fraction of sp³-hybridized carbons (Fsp3) is 0.348. The number of fused-ring (bicyclic) bond motifs is 1. The number of anilines is 1. The number of carbonyl (C=O) groups is 3. The fourth-order valence-electron chi connectivity index (χ4n) is 4.06. The number of amides is 4. The van der Waals surface area contributed by atoms with Gasteiger partial charge in [-0.05, 0) is 42.0 Å². The summed E-state index contributed by atoms with van der Waals surface area (Å²) in [5.41, 5.74) is 2.66. The molecule has 2 aromatic carbocycles. The first kappa shape index (κ1) is 19.2. The predicted molar refractivity (Wildman–Crippen MR) is 111 cm³/mol. The highest BCUT2D eigenvalue weighted by molar-refractivity contribution is 6.10. The van der Waals surface area contributed by atoms with E-state index in [1.54, 1.807) is 11.8 Å². The van der Waals surface area contributed by atoms with Crippen LogP contribution in [-0.4, -0.2) is 35.8 Å². The Kier molecular flexibility index (Phi) is 4.65. The lowest BCUT2D eigenvalue weighted by atomic mass is 9.90. The van der Waals surface area contributed by atoms with Gasteiger partial charge in [-0.15, -0.1) is 0 Å². The Morgan fingerprint density at radius 3 is 2.48 bits per heavy atom. The second-order valence-electron chi connectivity index (χ2n) is 8.15. The molecule has 2 aromatic rings. The Bertz CT molecular complexity index is 983.